The van der Waals surface area contributed by atoms with Gasteiger partial charge in [0.2, 0.25) is 12.7 Å². The van der Waals surface area contributed by atoms with Crippen LogP contribution >= 0.6 is 15.6 Å². The second-order valence-corrected chi connectivity index (χ2v) is 13.4. The van der Waals surface area contributed by atoms with Gasteiger partial charge in [0.15, 0.2) is 6.29 Å². The van der Waals surface area contributed by atoms with Crippen molar-refractivity contribution in [3.63, 3.8) is 0 Å². The molecule has 0 unspecified atom stereocenters. The average Bonchev–Trinajstić information content (AvgIpc) is 3.46. The normalized spacial score (nSPS) is 14.4. The Labute approximate surface area is 257 Å². The SMILES string of the molecule is C[n+]1ccn(Cc2ccc(O)c(C=NO)c2)c1.C[n+]1ccn(Cc2ccc(O)c(C=O)c2)c1.F[P-](F)(F)(F)(F)F.F[P-](F)(F)(F)(F)F. The molecule has 2 aromatic carbocycles. The first-order valence-electron chi connectivity index (χ1n) is 12.2. The molecule has 0 amide bonds. The molecule has 9 nitrogen and oxygen atoms in total. The summed E-state index contributed by atoms with van der Waals surface area (Å²) in [6, 6.07) is 10.3. The number of aromatic hydroxyl groups is 2. The third-order valence-corrected chi connectivity index (χ3v) is 4.89. The van der Waals surface area contributed by atoms with E-state index >= 15 is 0 Å². The van der Waals surface area contributed by atoms with Crippen LogP contribution in [0.2, 0.25) is 0 Å². The van der Waals surface area contributed by atoms with E-state index in [0.717, 1.165) is 11.1 Å². The van der Waals surface area contributed by atoms with E-state index in [1.54, 1.807) is 24.3 Å². The molecule has 47 heavy (non-hydrogen) atoms. The number of halogens is 12. The molecular formula is C24H27F12N5O4P2. The first-order valence-corrected chi connectivity index (χ1v) is 16.2. The van der Waals surface area contributed by atoms with Crippen molar-refractivity contribution in [2.75, 3.05) is 0 Å². The molecule has 266 valence electrons. The standard InChI is InChI=1S/C12H13N3O2.C12H12N2O2.2F6P/c1-14-4-5-15(9-14)8-10-2-3-12(16)11(6-10)7-13-17;1-13-4-5-14(9-13)7-10-2-3-12(16)11(6-10)8-15;2*1-7(2,3,4,5)6/h2-7,9H,8H2,1H3,(H-,13,16,17);2-6,8-9H,7H2,1H3;;/q;;2*-1/p+2. The van der Waals surface area contributed by atoms with Crippen molar-refractivity contribution in [2.45, 2.75) is 13.1 Å². The number of oxime groups is 1. The molecule has 0 fully saturated rings. The number of carbonyl (C=O) groups excluding carboxylic acids is 1. The number of aryl methyl sites for hydroxylation is 2. The summed E-state index contributed by atoms with van der Waals surface area (Å²) >= 11 is 0. The molecule has 0 atom stereocenters. The molecule has 0 saturated carbocycles. The maximum atomic E-state index is 10.7. The molecule has 0 saturated heterocycles. The number of aromatic nitrogens is 4. The number of imidazole rings is 2. The molecule has 0 radical (unpaired) electrons. The molecule has 0 bridgehead atoms. The summed E-state index contributed by atoms with van der Waals surface area (Å²) in [6.07, 6.45) is 13.6. The van der Waals surface area contributed by atoms with Gasteiger partial charge in [0, 0.05) is 5.56 Å². The van der Waals surface area contributed by atoms with Crippen LogP contribution in [0, 0.1) is 0 Å². The van der Waals surface area contributed by atoms with Crippen molar-refractivity contribution in [2.24, 2.45) is 19.3 Å². The number of phenols is 2. The fraction of sp³-hybridized carbons (Fsp3) is 0.167. The molecule has 3 N–H and O–H groups in total. The molecule has 0 aliphatic heterocycles. The van der Waals surface area contributed by atoms with Crippen molar-refractivity contribution in [3.8, 4) is 11.5 Å². The molecule has 0 spiro atoms. The molecule has 4 aromatic rings. The van der Waals surface area contributed by atoms with E-state index in [1.807, 2.05) is 81.9 Å². The summed E-state index contributed by atoms with van der Waals surface area (Å²) in [5.41, 5.74) is 2.83. The number of phenolic OH excluding ortho intramolecular Hbond substituents is 2. The van der Waals surface area contributed by atoms with E-state index in [2.05, 4.69) is 5.16 Å². The van der Waals surface area contributed by atoms with Crippen LogP contribution in [-0.4, -0.2) is 37.1 Å². The van der Waals surface area contributed by atoms with E-state index in [4.69, 9.17) is 5.21 Å². The van der Waals surface area contributed by atoms with Crippen molar-refractivity contribution in [3.05, 3.63) is 96.1 Å². The van der Waals surface area contributed by atoms with Gasteiger partial charge in [0.05, 0.1) is 25.9 Å². The molecule has 4 rings (SSSR count). The van der Waals surface area contributed by atoms with Crippen LogP contribution in [0.4, 0.5) is 50.4 Å². The Balaban J connectivity index is 0.000000340. The second-order valence-electron chi connectivity index (χ2n) is 9.57. The topological polar surface area (TPSA) is 108 Å². The van der Waals surface area contributed by atoms with Crippen LogP contribution in [0.15, 0.2) is 79.0 Å². The van der Waals surface area contributed by atoms with E-state index in [1.165, 1.54) is 6.21 Å². The fourth-order valence-electron chi connectivity index (χ4n) is 3.28. The van der Waals surface area contributed by atoms with E-state index in [-0.39, 0.29) is 11.5 Å². The van der Waals surface area contributed by atoms with Crippen LogP contribution in [-0.2, 0) is 27.2 Å². The molecular weight excluding hydrogens is 712 g/mol. The third kappa shape index (κ3) is 23.6. The monoisotopic (exact) mass is 739 g/mol. The predicted octanol–water partition coefficient (Wildman–Crippen LogP) is 8.52. The minimum absolute atomic E-state index is 0.0248. The first kappa shape index (κ1) is 40.6. The van der Waals surface area contributed by atoms with Crippen molar-refractivity contribution in [1.29, 1.82) is 0 Å². The van der Waals surface area contributed by atoms with Crippen molar-refractivity contribution < 1.29 is 79.7 Å². The summed E-state index contributed by atoms with van der Waals surface area (Å²) < 4.78 is 126. The van der Waals surface area contributed by atoms with Gasteiger partial charge in [-0.1, -0.05) is 17.3 Å². The summed E-state index contributed by atoms with van der Waals surface area (Å²) in [4.78, 5) is 10.7. The van der Waals surface area contributed by atoms with E-state index < -0.39 is 15.6 Å². The maximum absolute atomic E-state index is 10.7. The summed E-state index contributed by atoms with van der Waals surface area (Å²) in [7, 11) is -17.4. The number of rotatable bonds is 6. The van der Waals surface area contributed by atoms with Gasteiger partial charge >= 0.3 is 66.0 Å². The summed E-state index contributed by atoms with van der Waals surface area (Å²) in [5, 5.41) is 30.3. The van der Waals surface area contributed by atoms with Gasteiger partial charge in [-0.3, -0.25) is 4.79 Å². The number of benzene rings is 2. The average molecular weight is 739 g/mol. The number of nitrogens with zero attached hydrogens (tertiary/aromatic N) is 5. The van der Waals surface area contributed by atoms with Gasteiger partial charge in [-0.25, -0.2) is 18.3 Å². The van der Waals surface area contributed by atoms with Crippen LogP contribution in [0.5, 0.6) is 11.5 Å². The Morgan fingerprint density at radius 2 is 1.02 bits per heavy atom. The van der Waals surface area contributed by atoms with Crippen LogP contribution in [0.25, 0.3) is 0 Å². The molecule has 2 aromatic heterocycles. The number of aldehydes is 1. The zero-order valence-corrected chi connectivity index (χ0v) is 25.7. The Morgan fingerprint density at radius 1 is 0.681 bits per heavy atom. The zero-order valence-electron chi connectivity index (χ0n) is 23.9. The predicted molar refractivity (Wildman–Crippen MR) is 148 cm³/mol. The quantitative estimate of drug-likeness (QED) is 0.0351. The van der Waals surface area contributed by atoms with Gasteiger partial charge in [-0.2, -0.15) is 0 Å². The molecule has 23 heteroatoms. The Morgan fingerprint density at radius 3 is 1.32 bits per heavy atom. The van der Waals surface area contributed by atoms with Gasteiger partial charge in [-0.15, -0.1) is 0 Å². The van der Waals surface area contributed by atoms with Gasteiger partial charge < -0.3 is 15.4 Å². The minimum atomic E-state index is -10.7. The molecule has 0 aliphatic carbocycles. The van der Waals surface area contributed by atoms with Gasteiger partial charge in [0.25, 0.3) is 0 Å². The number of hydrogen-bond donors (Lipinski definition) is 3. The Hall–Kier alpha value is -4.38. The van der Waals surface area contributed by atoms with Crippen LogP contribution < -0.4 is 9.13 Å². The van der Waals surface area contributed by atoms with E-state index in [0.29, 0.717) is 30.5 Å². The number of carbonyl (C=O) groups is 1. The van der Waals surface area contributed by atoms with Crippen LogP contribution in [0.1, 0.15) is 27.0 Å². The van der Waals surface area contributed by atoms with Gasteiger partial charge in [0.1, 0.15) is 49.4 Å². The van der Waals surface area contributed by atoms with Crippen LogP contribution in [0.3, 0.4) is 0 Å². The molecule has 2 heterocycles. The molecule has 0 aliphatic rings. The number of hydrogen-bond acceptors (Lipinski definition) is 5. The zero-order chi connectivity index (χ0) is 36.6. The van der Waals surface area contributed by atoms with E-state index in [9.17, 15) is 65.4 Å². The third-order valence-electron chi connectivity index (χ3n) is 4.89. The second kappa shape index (κ2) is 13.0. The Bertz CT molecular complexity index is 1660. The first-order chi connectivity index (χ1) is 20.8. The summed E-state index contributed by atoms with van der Waals surface area (Å²) in [5.74, 6) is 0.126. The Kier molecular flexibility index (Phi) is 11.3. The summed E-state index contributed by atoms with van der Waals surface area (Å²) in [6.45, 7) is 1.38. The van der Waals surface area contributed by atoms with Crippen molar-refractivity contribution >= 4 is 28.1 Å². The fourth-order valence-corrected chi connectivity index (χ4v) is 3.28. The van der Waals surface area contributed by atoms with Gasteiger partial charge in [-0.05, 0) is 35.4 Å². The van der Waals surface area contributed by atoms with Crippen molar-refractivity contribution in [1.82, 2.24) is 9.13 Å².